The number of fused-ring (bicyclic) bond motifs is 1. The van der Waals surface area contributed by atoms with E-state index in [-0.39, 0.29) is 18.5 Å². The van der Waals surface area contributed by atoms with Gasteiger partial charge in [0, 0.05) is 19.1 Å². The third-order valence-corrected chi connectivity index (χ3v) is 7.69. The number of rotatable bonds is 12. The van der Waals surface area contributed by atoms with Crippen LogP contribution in [0.3, 0.4) is 0 Å². The van der Waals surface area contributed by atoms with Gasteiger partial charge in [0.05, 0.1) is 27.9 Å². The average molecular weight is 567 g/mol. The minimum atomic E-state index is -0.0562. The molecular weight excluding hydrogens is 528 g/mol. The maximum atomic E-state index is 13.2. The standard InChI is InChI=1S/C35H38N2O5/c1-39-31-15-14-27(19-32(31)40-2)18-30-29-21-34(42-24-26-12-8-5-9-13-26)33(41-3)20-28(29)16-17-37(30)23-35(38)36-22-25-10-6-4-7-11-25/h4-15,19-21,30H,16-18,22-24H2,1-3H3,(H,36,38). The molecule has 0 saturated carbocycles. The molecule has 0 saturated heterocycles. The van der Waals surface area contributed by atoms with E-state index in [4.69, 9.17) is 18.9 Å². The summed E-state index contributed by atoms with van der Waals surface area (Å²) in [6.07, 6.45) is 1.49. The molecule has 1 amide bonds. The molecule has 1 atom stereocenters. The number of nitrogens with zero attached hydrogens (tertiary/aromatic N) is 1. The van der Waals surface area contributed by atoms with Crippen molar-refractivity contribution in [3.63, 3.8) is 0 Å². The van der Waals surface area contributed by atoms with E-state index in [1.165, 1.54) is 5.56 Å². The smallest absolute Gasteiger partial charge is 0.234 e. The van der Waals surface area contributed by atoms with Crippen LogP contribution in [-0.4, -0.2) is 45.2 Å². The molecule has 1 aliphatic rings. The number of carbonyl (C=O) groups is 1. The van der Waals surface area contributed by atoms with E-state index in [1.54, 1.807) is 21.3 Å². The van der Waals surface area contributed by atoms with Gasteiger partial charge < -0.3 is 24.3 Å². The Morgan fingerprint density at radius 2 is 1.43 bits per heavy atom. The first-order chi connectivity index (χ1) is 20.6. The number of hydrogen-bond donors (Lipinski definition) is 1. The molecule has 7 heteroatoms. The molecule has 4 aromatic carbocycles. The van der Waals surface area contributed by atoms with Crippen molar-refractivity contribution in [2.45, 2.75) is 32.0 Å². The van der Waals surface area contributed by atoms with Crippen LogP contribution < -0.4 is 24.3 Å². The summed E-state index contributed by atoms with van der Waals surface area (Å²) in [6.45, 7) is 1.97. The first kappa shape index (κ1) is 29.0. The zero-order valence-electron chi connectivity index (χ0n) is 24.5. The van der Waals surface area contributed by atoms with Crippen molar-refractivity contribution in [3.8, 4) is 23.0 Å². The highest BCUT2D eigenvalue weighted by atomic mass is 16.5. The Bertz CT molecular complexity index is 1480. The second-order valence-corrected chi connectivity index (χ2v) is 10.4. The molecule has 0 bridgehead atoms. The van der Waals surface area contributed by atoms with E-state index in [2.05, 4.69) is 28.4 Å². The molecule has 0 aliphatic carbocycles. The highest BCUT2D eigenvalue weighted by Crippen LogP contribution is 2.40. The number of ether oxygens (including phenoxy) is 4. The number of amides is 1. The lowest BCUT2D eigenvalue weighted by atomic mass is 9.88. The summed E-state index contributed by atoms with van der Waals surface area (Å²) >= 11 is 0. The molecule has 0 fully saturated rings. The Hall–Kier alpha value is -4.49. The van der Waals surface area contributed by atoms with Crippen LogP contribution in [0.4, 0.5) is 0 Å². The van der Waals surface area contributed by atoms with Crippen molar-refractivity contribution in [2.24, 2.45) is 0 Å². The van der Waals surface area contributed by atoms with E-state index >= 15 is 0 Å². The van der Waals surface area contributed by atoms with Crippen LogP contribution in [0.5, 0.6) is 23.0 Å². The Kier molecular flexibility index (Phi) is 9.62. The first-order valence-electron chi connectivity index (χ1n) is 14.2. The molecule has 7 nitrogen and oxygen atoms in total. The van der Waals surface area contributed by atoms with Crippen LogP contribution in [0.2, 0.25) is 0 Å². The Labute approximate surface area is 248 Å². The van der Waals surface area contributed by atoms with Gasteiger partial charge in [-0.25, -0.2) is 0 Å². The van der Waals surface area contributed by atoms with Crippen molar-refractivity contribution < 1.29 is 23.7 Å². The van der Waals surface area contributed by atoms with Gasteiger partial charge in [0.1, 0.15) is 6.61 Å². The summed E-state index contributed by atoms with van der Waals surface area (Å²) in [6, 6.07) is 30.2. The topological polar surface area (TPSA) is 69.3 Å². The number of hydrogen-bond acceptors (Lipinski definition) is 6. The molecule has 5 rings (SSSR count). The number of benzene rings is 4. The quantitative estimate of drug-likeness (QED) is 0.236. The van der Waals surface area contributed by atoms with Crippen molar-refractivity contribution in [2.75, 3.05) is 34.4 Å². The van der Waals surface area contributed by atoms with Crippen molar-refractivity contribution in [3.05, 3.63) is 119 Å². The molecule has 0 aromatic heterocycles. The molecule has 1 unspecified atom stereocenters. The van der Waals surface area contributed by atoms with Gasteiger partial charge in [-0.05, 0) is 64.9 Å². The summed E-state index contributed by atoms with van der Waals surface area (Å²) in [7, 11) is 4.95. The zero-order chi connectivity index (χ0) is 29.3. The highest BCUT2D eigenvalue weighted by molar-refractivity contribution is 5.78. The Balaban J connectivity index is 1.43. The van der Waals surface area contributed by atoms with Crippen LogP contribution in [0.1, 0.15) is 33.9 Å². The van der Waals surface area contributed by atoms with E-state index in [1.807, 2.05) is 72.8 Å². The largest absolute Gasteiger partial charge is 0.493 e. The molecule has 0 spiro atoms. The van der Waals surface area contributed by atoms with Crippen molar-refractivity contribution >= 4 is 5.91 Å². The van der Waals surface area contributed by atoms with Gasteiger partial charge in [0.25, 0.3) is 0 Å². The lowest BCUT2D eigenvalue weighted by molar-refractivity contribution is -0.123. The molecule has 0 radical (unpaired) electrons. The maximum absolute atomic E-state index is 13.2. The van der Waals surface area contributed by atoms with E-state index in [0.29, 0.717) is 42.6 Å². The summed E-state index contributed by atoms with van der Waals surface area (Å²) in [5.41, 5.74) is 5.57. The zero-order valence-corrected chi connectivity index (χ0v) is 24.5. The average Bonchev–Trinajstić information content (AvgIpc) is 3.04. The minimum Gasteiger partial charge on any atom is -0.493 e. The van der Waals surface area contributed by atoms with Crippen LogP contribution >= 0.6 is 0 Å². The Morgan fingerprint density at radius 3 is 2.12 bits per heavy atom. The second kappa shape index (κ2) is 13.9. The van der Waals surface area contributed by atoms with Crippen LogP contribution in [0, 0.1) is 0 Å². The van der Waals surface area contributed by atoms with Gasteiger partial charge in [-0.15, -0.1) is 0 Å². The van der Waals surface area contributed by atoms with Gasteiger partial charge in [-0.1, -0.05) is 66.7 Å². The van der Waals surface area contributed by atoms with Crippen LogP contribution in [0.15, 0.2) is 91.0 Å². The summed E-state index contributed by atoms with van der Waals surface area (Å²) in [4.78, 5) is 15.4. The Morgan fingerprint density at radius 1 is 0.762 bits per heavy atom. The molecular formula is C35H38N2O5. The SMILES string of the molecule is COc1ccc(CC2c3cc(OCc4ccccc4)c(OC)cc3CCN2CC(=O)NCc2ccccc2)cc1OC. The van der Waals surface area contributed by atoms with E-state index in [0.717, 1.165) is 35.2 Å². The lowest BCUT2D eigenvalue weighted by Gasteiger charge is -2.37. The molecule has 1 aliphatic heterocycles. The minimum absolute atomic E-state index is 0.00585. The van der Waals surface area contributed by atoms with Gasteiger partial charge in [0.2, 0.25) is 5.91 Å². The predicted octanol–water partition coefficient (Wildman–Crippen LogP) is 5.75. The fourth-order valence-corrected chi connectivity index (χ4v) is 5.46. The normalized spacial score (nSPS) is 14.5. The number of carbonyl (C=O) groups excluding carboxylic acids is 1. The van der Waals surface area contributed by atoms with Crippen molar-refractivity contribution in [1.82, 2.24) is 10.2 Å². The van der Waals surface area contributed by atoms with Crippen LogP contribution in [0.25, 0.3) is 0 Å². The van der Waals surface area contributed by atoms with Gasteiger partial charge in [-0.3, -0.25) is 9.69 Å². The fourth-order valence-electron chi connectivity index (χ4n) is 5.46. The summed E-state index contributed by atoms with van der Waals surface area (Å²) in [5, 5.41) is 3.09. The van der Waals surface area contributed by atoms with Gasteiger partial charge in [-0.2, -0.15) is 0 Å². The van der Waals surface area contributed by atoms with Gasteiger partial charge in [0.15, 0.2) is 23.0 Å². The second-order valence-electron chi connectivity index (χ2n) is 10.4. The predicted molar refractivity (Wildman–Crippen MR) is 163 cm³/mol. The van der Waals surface area contributed by atoms with E-state index < -0.39 is 0 Å². The molecule has 42 heavy (non-hydrogen) atoms. The maximum Gasteiger partial charge on any atom is 0.234 e. The number of methoxy groups -OCH3 is 3. The van der Waals surface area contributed by atoms with Gasteiger partial charge >= 0.3 is 0 Å². The van der Waals surface area contributed by atoms with Crippen molar-refractivity contribution in [1.29, 1.82) is 0 Å². The molecule has 1 N–H and O–H groups in total. The molecule has 1 heterocycles. The van der Waals surface area contributed by atoms with E-state index in [9.17, 15) is 4.79 Å². The van der Waals surface area contributed by atoms with Crippen LogP contribution in [-0.2, 0) is 30.8 Å². The monoisotopic (exact) mass is 566 g/mol. The third kappa shape index (κ3) is 7.04. The molecule has 218 valence electrons. The number of nitrogens with one attached hydrogen (secondary N) is 1. The lowest BCUT2D eigenvalue weighted by Crippen LogP contribution is -2.43. The third-order valence-electron chi connectivity index (χ3n) is 7.69. The highest BCUT2D eigenvalue weighted by Gasteiger charge is 2.31. The summed E-state index contributed by atoms with van der Waals surface area (Å²) in [5.74, 6) is 2.76. The summed E-state index contributed by atoms with van der Waals surface area (Å²) < 4.78 is 23.1. The fraction of sp³-hybridized carbons (Fsp3) is 0.286. The molecule has 4 aromatic rings. The first-order valence-corrected chi connectivity index (χ1v) is 14.2.